The second-order valence-corrected chi connectivity index (χ2v) is 7.64. The molecule has 26 heavy (non-hydrogen) atoms. The molecule has 4 rings (SSSR count). The number of nitrogens with zero attached hydrogens (tertiary/aromatic N) is 2. The zero-order valence-corrected chi connectivity index (χ0v) is 15.2. The molecular weight excluding hydrogens is 328 g/mol. The second-order valence-electron chi connectivity index (χ2n) is 7.64. The molecule has 1 unspecified atom stereocenters. The molecule has 0 radical (unpaired) electrons. The van der Waals surface area contributed by atoms with Crippen molar-refractivity contribution in [2.45, 2.75) is 45.1 Å². The van der Waals surface area contributed by atoms with Crippen molar-refractivity contribution in [3.05, 3.63) is 47.6 Å². The Balaban J connectivity index is 1.42. The summed E-state index contributed by atoms with van der Waals surface area (Å²) in [7, 11) is 0. The fourth-order valence-corrected chi connectivity index (χ4v) is 4.39. The van der Waals surface area contributed by atoms with E-state index in [0.717, 1.165) is 37.9 Å². The third-order valence-electron chi connectivity index (χ3n) is 5.90. The molecule has 1 aromatic carbocycles. The summed E-state index contributed by atoms with van der Waals surface area (Å²) in [6, 6.07) is 9.77. The summed E-state index contributed by atoms with van der Waals surface area (Å²) in [5, 5.41) is 10.6. The summed E-state index contributed by atoms with van der Waals surface area (Å²) in [5.74, 6) is 1.69. The first-order chi connectivity index (χ1) is 12.7. The van der Waals surface area contributed by atoms with E-state index in [1.807, 2.05) is 37.3 Å². The lowest BCUT2D eigenvalue weighted by Crippen LogP contribution is -2.48. The lowest BCUT2D eigenvalue weighted by molar-refractivity contribution is -0.134. The Hall–Kier alpha value is -2.21. The Kier molecular flexibility index (Phi) is 4.76. The van der Waals surface area contributed by atoms with Gasteiger partial charge in [0.25, 0.3) is 0 Å². The predicted molar refractivity (Wildman–Crippen MR) is 97.4 cm³/mol. The Morgan fingerprint density at radius 3 is 3.08 bits per heavy atom. The lowest BCUT2D eigenvalue weighted by atomic mass is 9.67. The Morgan fingerprint density at radius 1 is 1.38 bits per heavy atom. The molecule has 6 nitrogen and oxygen atoms in total. The van der Waals surface area contributed by atoms with Crippen LogP contribution in [0.2, 0.25) is 0 Å². The van der Waals surface area contributed by atoms with E-state index < -0.39 is 0 Å². The highest BCUT2D eigenvalue weighted by Crippen LogP contribution is 2.44. The first-order valence-corrected chi connectivity index (χ1v) is 9.55. The predicted octanol–water partition coefficient (Wildman–Crippen LogP) is 2.62. The number of hydrogen-bond donors (Lipinski definition) is 2. The molecule has 2 aromatic rings. The van der Waals surface area contributed by atoms with Crippen LogP contribution in [-0.4, -0.2) is 29.1 Å². The van der Waals surface area contributed by atoms with Crippen LogP contribution < -0.4 is 10.6 Å². The average Bonchev–Trinajstić information content (AvgIpc) is 3.30. The van der Waals surface area contributed by atoms with Gasteiger partial charge >= 0.3 is 0 Å². The molecule has 3 atom stereocenters. The highest BCUT2D eigenvalue weighted by molar-refractivity contribution is 5.84. The average molecular weight is 354 g/mol. The van der Waals surface area contributed by atoms with Crippen LogP contribution in [-0.2, 0) is 11.2 Å². The second kappa shape index (κ2) is 7.19. The number of benzene rings is 1. The van der Waals surface area contributed by atoms with Gasteiger partial charge in [-0.1, -0.05) is 48.3 Å². The van der Waals surface area contributed by atoms with Crippen LogP contribution in [0.4, 0.5) is 0 Å². The standard InChI is InChI=1S/C20H26N4O2/c1-14(18-23-17(24-26-18)11-15-7-3-2-4-8-15)22-19(25)20-10-6-5-9-16(20)12-21-13-20/h2-4,7-8,14,16,21H,5-6,9-13H2,1H3,(H,22,25)/t14?,16-,20+/m0/s1. The van der Waals surface area contributed by atoms with E-state index in [1.165, 1.54) is 6.42 Å². The van der Waals surface area contributed by atoms with Crippen LogP contribution in [0, 0.1) is 11.3 Å². The summed E-state index contributed by atoms with van der Waals surface area (Å²) in [5.41, 5.74) is 0.872. The first-order valence-electron chi connectivity index (χ1n) is 9.55. The number of amides is 1. The Labute approximate surface area is 153 Å². The van der Waals surface area contributed by atoms with E-state index >= 15 is 0 Å². The smallest absolute Gasteiger partial charge is 0.248 e. The molecule has 1 aromatic heterocycles. The maximum atomic E-state index is 13.0. The number of hydrogen-bond acceptors (Lipinski definition) is 5. The number of fused-ring (bicyclic) bond motifs is 1. The number of carbonyl (C=O) groups excluding carboxylic acids is 1. The van der Waals surface area contributed by atoms with Gasteiger partial charge in [0.15, 0.2) is 5.82 Å². The minimum absolute atomic E-state index is 0.127. The van der Waals surface area contributed by atoms with Gasteiger partial charge in [0.2, 0.25) is 11.8 Å². The Morgan fingerprint density at radius 2 is 2.23 bits per heavy atom. The van der Waals surface area contributed by atoms with Gasteiger partial charge in [-0.25, -0.2) is 0 Å². The third kappa shape index (κ3) is 3.26. The highest BCUT2D eigenvalue weighted by atomic mass is 16.5. The topological polar surface area (TPSA) is 80.0 Å². The van der Waals surface area contributed by atoms with E-state index in [-0.39, 0.29) is 17.4 Å². The molecule has 6 heteroatoms. The van der Waals surface area contributed by atoms with E-state index in [4.69, 9.17) is 4.52 Å². The molecule has 1 saturated carbocycles. The normalized spacial score (nSPS) is 26.3. The monoisotopic (exact) mass is 354 g/mol. The Bertz CT molecular complexity index is 760. The van der Waals surface area contributed by atoms with Gasteiger partial charge in [-0.05, 0) is 37.8 Å². The van der Waals surface area contributed by atoms with Gasteiger partial charge in [-0.2, -0.15) is 4.98 Å². The minimum atomic E-state index is -0.280. The number of aromatic nitrogens is 2. The lowest BCUT2D eigenvalue weighted by Gasteiger charge is -2.37. The van der Waals surface area contributed by atoms with Gasteiger partial charge in [0.05, 0.1) is 5.41 Å². The summed E-state index contributed by atoms with van der Waals surface area (Å²) < 4.78 is 5.40. The van der Waals surface area contributed by atoms with Crippen molar-refractivity contribution in [1.29, 1.82) is 0 Å². The van der Waals surface area contributed by atoms with Crippen molar-refractivity contribution < 1.29 is 9.32 Å². The van der Waals surface area contributed by atoms with Crippen molar-refractivity contribution in [3.8, 4) is 0 Å². The van der Waals surface area contributed by atoms with E-state index in [1.54, 1.807) is 0 Å². The van der Waals surface area contributed by atoms with Crippen LogP contribution in [0.5, 0.6) is 0 Å². The molecule has 2 aliphatic rings. The van der Waals surface area contributed by atoms with Crippen LogP contribution in [0.25, 0.3) is 0 Å². The summed E-state index contributed by atoms with van der Waals surface area (Å²) >= 11 is 0. The molecule has 138 valence electrons. The maximum Gasteiger partial charge on any atom is 0.248 e. The zero-order valence-electron chi connectivity index (χ0n) is 15.2. The largest absolute Gasteiger partial charge is 0.344 e. The van der Waals surface area contributed by atoms with Crippen LogP contribution >= 0.6 is 0 Å². The van der Waals surface area contributed by atoms with Crippen molar-refractivity contribution >= 4 is 5.91 Å². The number of carbonyl (C=O) groups is 1. The van der Waals surface area contributed by atoms with E-state index in [0.29, 0.717) is 24.1 Å². The van der Waals surface area contributed by atoms with Gasteiger partial charge in [0, 0.05) is 13.0 Å². The fraction of sp³-hybridized carbons (Fsp3) is 0.550. The molecule has 1 amide bonds. The molecule has 1 aliphatic heterocycles. The van der Waals surface area contributed by atoms with Crippen molar-refractivity contribution in [3.63, 3.8) is 0 Å². The van der Waals surface area contributed by atoms with Crippen molar-refractivity contribution in [2.24, 2.45) is 11.3 Å². The molecule has 1 aliphatic carbocycles. The van der Waals surface area contributed by atoms with Crippen molar-refractivity contribution in [1.82, 2.24) is 20.8 Å². The maximum absolute atomic E-state index is 13.0. The minimum Gasteiger partial charge on any atom is -0.344 e. The molecule has 0 bridgehead atoms. The van der Waals surface area contributed by atoms with E-state index in [9.17, 15) is 4.79 Å². The highest BCUT2D eigenvalue weighted by Gasteiger charge is 2.50. The van der Waals surface area contributed by atoms with Gasteiger partial charge in [-0.3, -0.25) is 4.79 Å². The summed E-state index contributed by atoms with van der Waals surface area (Å²) in [6.45, 7) is 3.64. The zero-order chi connectivity index (χ0) is 18.0. The van der Waals surface area contributed by atoms with Gasteiger partial charge in [-0.15, -0.1) is 0 Å². The quantitative estimate of drug-likeness (QED) is 0.863. The van der Waals surface area contributed by atoms with Crippen molar-refractivity contribution in [2.75, 3.05) is 13.1 Å². The molecule has 2 N–H and O–H groups in total. The van der Waals surface area contributed by atoms with Crippen LogP contribution in [0.15, 0.2) is 34.9 Å². The molecule has 0 spiro atoms. The molecule has 2 heterocycles. The van der Waals surface area contributed by atoms with Crippen LogP contribution in [0.1, 0.15) is 55.9 Å². The van der Waals surface area contributed by atoms with Gasteiger partial charge in [0.1, 0.15) is 6.04 Å². The third-order valence-corrected chi connectivity index (χ3v) is 5.90. The van der Waals surface area contributed by atoms with Crippen LogP contribution in [0.3, 0.4) is 0 Å². The molecule has 1 saturated heterocycles. The first kappa shape index (κ1) is 17.2. The number of rotatable bonds is 5. The molecule has 2 fully saturated rings. The van der Waals surface area contributed by atoms with E-state index in [2.05, 4.69) is 20.8 Å². The fourth-order valence-electron chi connectivity index (χ4n) is 4.39. The summed E-state index contributed by atoms with van der Waals surface area (Å²) in [4.78, 5) is 17.5. The van der Waals surface area contributed by atoms with Gasteiger partial charge < -0.3 is 15.2 Å². The summed E-state index contributed by atoms with van der Waals surface area (Å²) in [6.07, 6.45) is 5.08. The SMILES string of the molecule is CC(NC(=O)[C@@]12CCCC[C@H]1CNC2)c1nc(Cc2ccccc2)no1. The molecular formula is C20H26N4O2. The number of nitrogens with one attached hydrogen (secondary N) is 2.